The van der Waals surface area contributed by atoms with E-state index in [1.54, 1.807) is 17.1 Å². The lowest BCUT2D eigenvalue weighted by molar-refractivity contribution is 0.0577. The molecule has 7 heteroatoms. The van der Waals surface area contributed by atoms with Crippen LogP contribution in [0.25, 0.3) is 5.69 Å². The van der Waals surface area contributed by atoms with Crippen molar-refractivity contribution in [2.24, 2.45) is 5.92 Å². The van der Waals surface area contributed by atoms with Gasteiger partial charge in [-0.15, -0.1) is 5.10 Å². The normalized spacial score (nSPS) is 16.6. The molecule has 7 nitrogen and oxygen atoms in total. The largest absolute Gasteiger partial charge is 0.336 e. The number of nitrogens with zero attached hydrogens (tertiary/aromatic N) is 6. The van der Waals surface area contributed by atoms with Crippen molar-refractivity contribution in [1.29, 1.82) is 5.26 Å². The van der Waals surface area contributed by atoms with Crippen LogP contribution in [0.2, 0.25) is 0 Å². The standard InChI is InChI=1S/C18H22N6O/c1-14(2)17(13-19)22-9-11-23(12-10-22)18(25)15-3-5-16(6-4-15)24-8-7-20-21-24/h3-8,14,17H,9-12H2,1-2H3. The number of hydrogen-bond acceptors (Lipinski definition) is 5. The molecule has 25 heavy (non-hydrogen) atoms. The molecule has 0 radical (unpaired) electrons. The third-order valence-corrected chi connectivity index (χ3v) is 4.56. The van der Waals surface area contributed by atoms with Crippen molar-refractivity contribution in [2.45, 2.75) is 19.9 Å². The minimum Gasteiger partial charge on any atom is -0.336 e. The molecular formula is C18H22N6O. The SMILES string of the molecule is CC(C)C(C#N)N1CCN(C(=O)c2ccc(-n3ccnn3)cc2)CC1. The Balaban J connectivity index is 1.62. The van der Waals surface area contributed by atoms with Gasteiger partial charge in [0, 0.05) is 31.7 Å². The molecule has 2 aromatic rings. The van der Waals surface area contributed by atoms with Gasteiger partial charge in [0.25, 0.3) is 5.91 Å². The van der Waals surface area contributed by atoms with E-state index in [-0.39, 0.29) is 17.9 Å². The van der Waals surface area contributed by atoms with Crippen molar-refractivity contribution in [3.8, 4) is 11.8 Å². The number of amides is 1. The Morgan fingerprint density at radius 3 is 2.36 bits per heavy atom. The lowest BCUT2D eigenvalue weighted by Crippen LogP contribution is -2.52. The van der Waals surface area contributed by atoms with Gasteiger partial charge in [-0.05, 0) is 30.2 Å². The van der Waals surface area contributed by atoms with Gasteiger partial charge in [0.05, 0.1) is 24.2 Å². The molecule has 1 atom stereocenters. The summed E-state index contributed by atoms with van der Waals surface area (Å²) >= 11 is 0. The van der Waals surface area contributed by atoms with Gasteiger partial charge < -0.3 is 4.90 Å². The number of benzene rings is 1. The van der Waals surface area contributed by atoms with Crippen molar-refractivity contribution in [2.75, 3.05) is 26.2 Å². The van der Waals surface area contributed by atoms with Gasteiger partial charge >= 0.3 is 0 Å². The molecule has 2 heterocycles. The van der Waals surface area contributed by atoms with E-state index >= 15 is 0 Å². The summed E-state index contributed by atoms with van der Waals surface area (Å²) < 4.78 is 1.65. The zero-order valence-corrected chi connectivity index (χ0v) is 14.5. The molecule has 130 valence electrons. The van der Waals surface area contributed by atoms with Crippen LogP contribution < -0.4 is 0 Å². The van der Waals surface area contributed by atoms with Crippen LogP contribution in [0, 0.1) is 17.2 Å². The van der Waals surface area contributed by atoms with Crippen LogP contribution in [0.3, 0.4) is 0 Å². The number of rotatable bonds is 4. The van der Waals surface area contributed by atoms with Crippen LogP contribution in [-0.4, -0.2) is 62.9 Å². The van der Waals surface area contributed by atoms with E-state index in [9.17, 15) is 10.1 Å². The van der Waals surface area contributed by atoms with Crippen molar-refractivity contribution < 1.29 is 4.79 Å². The van der Waals surface area contributed by atoms with Gasteiger partial charge in [0.2, 0.25) is 0 Å². The van der Waals surface area contributed by atoms with Gasteiger partial charge in [-0.1, -0.05) is 19.1 Å². The van der Waals surface area contributed by atoms with E-state index in [4.69, 9.17) is 0 Å². The number of piperazine rings is 1. The first kappa shape index (κ1) is 17.1. The van der Waals surface area contributed by atoms with Crippen molar-refractivity contribution in [3.63, 3.8) is 0 Å². The maximum absolute atomic E-state index is 12.7. The van der Waals surface area contributed by atoms with E-state index in [0.29, 0.717) is 18.7 Å². The Kier molecular flexibility index (Phi) is 5.10. The summed E-state index contributed by atoms with van der Waals surface area (Å²) in [5.74, 6) is 0.319. The first-order valence-electron chi connectivity index (χ1n) is 8.50. The lowest BCUT2D eigenvalue weighted by atomic mass is 10.0. The molecule has 1 aliphatic heterocycles. The lowest BCUT2D eigenvalue weighted by Gasteiger charge is -2.38. The quantitative estimate of drug-likeness (QED) is 0.846. The van der Waals surface area contributed by atoms with Gasteiger partial charge in [-0.3, -0.25) is 9.69 Å². The molecule has 1 fully saturated rings. The maximum Gasteiger partial charge on any atom is 0.253 e. The fourth-order valence-electron chi connectivity index (χ4n) is 3.14. The fraction of sp³-hybridized carbons (Fsp3) is 0.444. The summed E-state index contributed by atoms with van der Waals surface area (Å²) in [6.07, 6.45) is 3.38. The van der Waals surface area contributed by atoms with Crippen LogP contribution >= 0.6 is 0 Å². The minimum atomic E-state index is -0.0841. The molecule has 1 aliphatic rings. The number of aromatic nitrogens is 3. The van der Waals surface area contributed by atoms with E-state index in [0.717, 1.165) is 18.8 Å². The molecule has 1 saturated heterocycles. The predicted octanol–water partition coefficient (Wildman–Crippen LogP) is 1.57. The average Bonchev–Trinajstić information content (AvgIpc) is 3.17. The molecule has 0 spiro atoms. The highest BCUT2D eigenvalue weighted by molar-refractivity contribution is 5.94. The van der Waals surface area contributed by atoms with Crippen molar-refractivity contribution in [1.82, 2.24) is 24.8 Å². The van der Waals surface area contributed by atoms with Crippen LogP contribution in [0.5, 0.6) is 0 Å². The molecule has 0 N–H and O–H groups in total. The number of nitriles is 1. The van der Waals surface area contributed by atoms with Crippen molar-refractivity contribution in [3.05, 3.63) is 42.2 Å². The summed E-state index contributed by atoms with van der Waals surface area (Å²) in [4.78, 5) is 16.7. The second-order valence-corrected chi connectivity index (χ2v) is 6.54. The van der Waals surface area contributed by atoms with Crippen LogP contribution in [0.4, 0.5) is 0 Å². The molecular weight excluding hydrogens is 316 g/mol. The molecule has 3 rings (SSSR count). The first-order chi connectivity index (χ1) is 12.1. The van der Waals surface area contributed by atoms with E-state index < -0.39 is 0 Å². The highest BCUT2D eigenvalue weighted by atomic mass is 16.2. The highest BCUT2D eigenvalue weighted by Crippen LogP contribution is 2.16. The van der Waals surface area contributed by atoms with E-state index in [1.165, 1.54) is 0 Å². The van der Waals surface area contributed by atoms with E-state index in [2.05, 4.69) is 35.1 Å². The molecule has 0 aliphatic carbocycles. The predicted molar refractivity (Wildman–Crippen MR) is 93.1 cm³/mol. The monoisotopic (exact) mass is 338 g/mol. The van der Waals surface area contributed by atoms with Gasteiger partial charge in [0.1, 0.15) is 6.04 Å². The topological polar surface area (TPSA) is 78.0 Å². The summed E-state index contributed by atoms with van der Waals surface area (Å²) in [6, 6.07) is 9.65. The number of carbonyl (C=O) groups is 1. The van der Waals surface area contributed by atoms with Crippen LogP contribution in [0.15, 0.2) is 36.7 Å². The van der Waals surface area contributed by atoms with Crippen LogP contribution in [-0.2, 0) is 0 Å². The van der Waals surface area contributed by atoms with Crippen molar-refractivity contribution >= 4 is 5.91 Å². The number of carbonyl (C=O) groups excluding carboxylic acids is 1. The molecule has 0 bridgehead atoms. The third-order valence-electron chi connectivity index (χ3n) is 4.56. The van der Waals surface area contributed by atoms with Crippen LogP contribution in [0.1, 0.15) is 24.2 Å². The minimum absolute atomic E-state index is 0.0304. The Morgan fingerprint density at radius 1 is 1.16 bits per heavy atom. The molecule has 1 aromatic carbocycles. The molecule has 1 unspecified atom stereocenters. The summed E-state index contributed by atoms with van der Waals surface area (Å²) in [6.45, 7) is 6.88. The number of hydrogen-bond donors (Lipinski definition) is 0. The van der Waals surface area contributed by atoms with Gasteiger partial charge in [-0.2, -0.15) is 5.26 Å². The maximum atomic E-state index is 12.7. The van der Waals surface area contributed by atoms with Gasteiger partial charge in [0.15, 0.2) is 0 Å². The highest BCUT2D eigenvalue weighted by Gasteiger charge is 2.28. The molecule has 0 saturated carbocycles. The summed E-state index contributed by atoms with van der Waals surface area (Å²) in [7, 11) is 0. The Hall–Kier alpha value is -2.72. The second kappa shape index (κ2) is 7.45. The summed E-state index contributed by atoms with van der Waals surface area (Å²) in [5, 5.41) is 17.0. The van der Waals surface area contributed by atoms with Gasteiger partial charge in [-0.25, -0.2) is 4.68 Å². The first-order valence-corrected chi connectivity index (χ1v) is 8.50. The average molecular weight is 338 g/mol. The second-order valence-electron chi connectivity index (χ2n) is 6.54. The fourth-order valence-corrected chi connectivity index (χ4v) is 3.14. The van der Waals surface area contributed by atoms with E-state index in [1.807, 2.05) is 29.2 Å². The third kappa shape index (κ3) is 3.69. The smallest absolute Gasteiger partial charge is 0.253 e. The zero-order valence-electron chi connectivity index (χ0n) is 14.5. The zero-order chi connectivity index (χ0) is 17.8. The summed E-state index contributed by atoms with van der Waals surface area (Å²) in [5.41, 5.74) is 1.53. The Bertz CT molecular complexity index is 739. The molecule has 1 aromatic heterocycles. The molecule has 1 amide bonds. The Morgan fingerprint density at radius 2 is 1.84 bits per heavy atom. The Labute approximate surface area is 147 Å².